The number of hydrogen-bond donors (Lipinski definition) is 1. The summed E-state index contributed by atoms with van der Waals surface area (Å²) >= 11 is 0. The summed E-state index contributed by atoms with van der Waals surface area (Å²) in [7, 11) is 1.25. The highest BCUT2D eigenvalue weighted by molar-refractivity contribution is 5.75. The number of carboxylic acid groups (broad SMARTS) is 1. The van der Waals surface area contributed by atoms with E-state index in [1.165, 1.54) is 19.2 Å². The molecule has 1 rings (SSSR count). The lowest BCUT2D eigenvalue weighted by molar-refractivity contribution is -0.143. The Morgan fingerprint density at radius 1 is 1.47 bits per heavy atom. The van der Waals surface area contributed by atoms with Gasteiger partial charge in [0.25, 0.3) is 0 Å². The van der Waals surface area contributed by atoms with Gasteiger partial charge < -0.3 is 5.11 Å². The molecular weight excluding hydrogens is 203 g/mol. The fourth-order valence-electron chi connectivity index (χ4n) is 1.21. The van der Waals surface area contributed by atoms with Gasteiger partial charge in [-0.2, -0.15) is 0 Å². The molecule has 0 spiro atoms. The number of likely N-dealkylation sites (N-methyl/N-ethyl adjacent to an activating group) is 1. The minimum Gasteiger partial charge on any atom is -0.479 e. The zero-order valence-electron chi connectivity index (χ0n) is 7.92. The number of carboxylic acids is 1. The predicted octanol–water partition coefficient (Wildman–Crippen LogP) is 1.56. The van der Waals surface area contributed by atoms with Crippen molar-refractivity contribution in [3.8, 4) is 0 Å². The molecule has 0 aliphatic carbocycles. The second-order valence-corrected chi connectivity index (χ2v) is 2.95. The Bertz CT molecular complexity index is 366. The van der Waals surface area contributed by atoms with Crippen molar-refractivity contribution >= 4 is 5.97 Å². The molecule has 5 nitrogen and oxygen atoms in total. The van der Waals surface area contributed by atoms with Crippen molar-refractivity contribution in [2.75, 3.05) is 7.05 Å². The highest BCUT2D eigenvalue weighted by Crippen LogP contribution is 2.20. The molecule has 1 aromatic carbocycles. The van der Waals surface area contributed by atoms with Gasteiger partial charge >= 0.3 is 5.97 Å². The lowest BCUT2D eigenvalue weighted by atomic mass is 10.1. The molecule has 0 aliphatic rings. The van der Waals surface area contributed by atoms with Gasteiger partial charge in [0.05, 0.1) is 5.29 Å². The maximum absolute atomic E-state index is 12.6. The van der Waals surface area contributed by atoms with Crippen LogP contribution in [0.1, 0.15) is 11.6 Å². The van der Waals surface area contributed by atoms with E-state index >= 15 is 0 Å². The van der Waals surface area contributed by atoms with Crippen LogP contribution in [0.15, 0.2) is 29.6 Å². The quantitative estimate of drug-likeness (QED) is 0.607. The minimum absolute atomic E-state index is 0.297. The average Bonchev–Trinajstić information content (AvgIpc) is 2.20. The Morgan fingerprint density at radius 2 is 2.00 bits per heavy atom. The van der Waals surface area contributed by atoms with Crippen LogP contribution in [0.4, 0.5) is 4.39 Å². The molecule has 15 heavy (non-hydrogen) atoms. The van der Waals surface area contributed by atoms with Crippen LogP contribution < -0.4 is 0 Å². The molecule has 1 atom stereocenters. The van der Waals surface area contributed by atoms with Crippen molar-refractivity contribution < 1.29 is 14.3 Å². The summed E-state index contributed by atoms with van der Waals surface area (Å²) in [5.74, 6) is -1.69. The largest absolute Gasteiger partial charge is 0.479 e. The molecule has 0 radical (unpaired) electrons. The maximum atomic E-state index is 12.6. The molecule has 0 fully saturated rings. The number of halogens is 1. The normalized spacial score (nSPS) is 11.9. The predicted molar refractivity (Wildman–Crippen MR) is 50.3 cm³/mol. The summed E-state index contributed by atoms with van der Waals surface area (Å²) in [6, 6.07) is 3.67. The Morgan fingerprint density at radius 3 is 2.40 bits per heavy atom. The number of benzene rings is 1. The van der Waals surface area contributed by atoms with Crippen molar-refractivity contribution in [3.05, 3.63) is 40.6 Å². The van der Waals surface area contributed by atoms with Crippen molar-refractivity contribution in [2.45, 2.75) is 6.04 Å². The molecule has 0 aliphatic heterocycles. The van der Waals surface area contributed by atoms with E-state index in [-0.39, 0.29) is 0 Å². The van der Waals surface area contributed by atoms with E-state index in [9.17, 15) is 14.1 Å². The number of aliphatic carboxylic acids is 1. The van der Waals surface area contributed by atoms with Crippen LogP contribution in [-0.4, -0.2) is 23.1 Å². The Balaban J connectivity index is 3.04. The zero-order valence-corrected chi connectivity index (χ0v) is 7.92. The molecule has 0 heterocycles. The molecule has 6 heteroatoms. The van der Waals surface area contributed by atoms with Crippen LogP contribution in [0.25, 0.3) is 0 Å². The lowest BCUT2D eigenvalue weighted by Gasteiger charge is -2.18. The first-order valence-electron chi connectivity index (χ1n) is 4.10. The number of carbonyl (C=O) groups is 1. The number of hydrogen-bond acceptors (Lipinski definition) is 3. The molecule has 0 bridgehead atoms. The van der Waals surface area contributed by atoms with Crippen LogP contribution in [0.5, 0.6) is 0 Å². The molecule has 1 aromatic rings. The van der Waals surface area contributed by atoms with E-state index in [0.717, 1.165) is 17.1 Å². The Kier molecular flexibility index (Phi) is 3.33. The van der Waals surface area contributed by atoms with Crippen molar-refractivity contribution in [1.82, 2.24) is 5.01 Å². The van der Waals surface area contributed by atoms with Gasteiger partial charge in [0.2, 0.25) is 0 Å². The Hall–Kier alpha value is -1.98. The van der Waals surface area contributed by atoms with Crippen molar-refractivity contribution in [1.29, 1.82) is 0 Å². The summed E-state index contributed by atoms with van der Waals surface area (Å²) in [6.07, 6.45) is 0. The second-order valence-electron chi connectivity index (χ2n) is 2.95. The summed E-state index contributed by atoms with van der Waals surface area (Å²) in [5.41, 5.74) is 0.297. The van der Waals surface area contributed by atoms with Gasteiger partial charge in [-0.05, 0) is 17.7 Å². The van der Waals surface area contributed by atoms with E-state index in [4.69, 9.17) is 5.11 Å². The van der Waals surface area contributed by atoms with Crippen LogP contribution in [0.2, 0.25) is 0 Å². The molecule has 0 saturated carbocycles. The third kappa shape index (κ3) is 2.49. The molecule has 1 N–H and O–H groups in total. The van der Waals surface area contributed by atoms with E-state index in [2.05, 4.69) is 5.29 Å². The van der Waals surface area contributed by atoms with Crippen LogP contribution in [-0.2, 0) is 4.79 Å². The first kappa shape index (κ1) is 11.1. The van der Waals surface area contributed by atoms with E-state index < -0.39 is 17.8 Å². The fourth-order valence-corrected chi connectivity index (χ4v) is 1.21. The third-order valence-electron chi connectivity index (χ3n) is 1.92. The van der Waals surface area contributed by atoms with Crippen LogP contribution in [0, 0.1) is 10.7 Å². The number of nitroso groups, excluding NO2 is 1. The SMILES string of the molecule is CN(N=O)C(C(=O)O)c1ccc(F)cc1. The number of rotatable bonds is 4. The fraction of sp³-hybridized carbons (Fsp3) is 0.222. The molecule has 0 saturated heterocycles. The molecule has 0 aromatic heterocycles. The van der Waals surface area contributed by atoms with Gasteiger partial charge in [-0.3, -0.25) is 0 Å². The second kappa shape index (κ2) is 4.50. The summed E-state index contributed by atoms with van der Waals surface area (Å²) in [5, 5.41) is 12.1. The first-order chi connectivity index (χ1) is 7.06. The van der Waals surface area contributed by atoms with E-state index in [1.54, 1.807) is 0 Å². The van der Waals surface area contributed by atoms with Crippen molar-refractivity contribution in [2.24, 2.45) is 5.29 Å². The molecule has 80 valence electrons. The van der Waals surface area contributed by atoms with Gasteiger partial charge in [-0.25, -0.2) is 14.2 Å². The van der Waals surface area contributed by atoms with Crippen LogP contribution in [0.3, 0.4) is 0 Å². The molecule has 1 unspecified atom stereocenters. The van der Waals surface area contributed by atoms with Gasteiger partial charge in [0.15, 0.2) is 6.04 Å². The van der Waals surface area contributed by atoms with Crippen molar-refractivity contribution in [3.63, 3.8) is 0 Å². The summed E-state index contributed by atoms with van der Waals surface area (Å²) in [4.78, 5) is 21.1. The zero-order chi connectivity index (χ0) is 11.4. The highest BCUT2D eigenvalue weighted by Gasteiger charge is 2.24. The first-order valence-corrected chi connectivity index (χ1v) is 4.10. The third-order valence-corrected chi connectivity index (χ3v) is 1.92. The lowest BCUT2D eigenvalue weighted by Crippen LogP contribution is -2.26. The molecule has 0 amide bonds. The standard InChI is InChI=1S/C9H9FN2O3/c1-12(11-15)8(9(13)14)6-2-4-7(10)5-3-6/h2-5,8H,1H3,(H,13,14). The average molecular weight is 212 g/mol. The van der Waals surface area contributed by atoms with Gasteiger partial charge in [0, 0.05) is 7.05 Å². The van der Waals surface area contributed by atoms with Crippen LogP contribution >= 0.6 is 0 Å². The summed E-state index contributed by atoms with van der Waals surface area (Å²) in [6.45, 7) is 0. The summed E-state index contributed by atoms with van der Waals surface area (Å²) < 4.78 is 12.6. The minimum atomic E-state index is -1.22. The molecular formula is C9H9FN2O3. The monoisotopic (exact) mass is 212 g/mol. The topological polar surface area (TPSA) is 70.0 Å². The Labute approximate surface area is 85.1 Å². The highest BCUT2D eigenvalue weighted by atomic mass is 19.1. The maximum Gasteiger partial charge on any atom is 0.332 e. The van der Waals surface area contributed by atoms with Gasteiger partial charge in [-0.1, -0.05) is 12.1 Å². The van der Waals surface area contributed by atoms with E-state index in [0.29, 0.717) is 5.56 Å². The van der Waals surface area contributed by atoms with Gasteiger partial charge in [-0.15, -0.1) is 4.91 Å². The number of nitrogens with zero attached hydrogens (tertiary/aromatic N) is 2. The smallest absolute Gasteiger partial charge is 0.332 e. The van der Waals surface area contributed by atoms with Gasteiger partial charge in [0.1, 0.15) is 5.82 Å². The van der Waals surface area contributed by atoms with E-state index in [1.807, 2.05) is 0 Å².